The fourth-order valence-corrected chi connectivity index (χ4v) is 3.32. The molecule has 1 aliphatic rings. The molecule has 0 saturated heterocycles. The van der Waals surface area contributed by atoms with Gasteiger partial charge in [0.05, 0.1) is 5.75 Å². The quantitative estimate of drug-likeness (QED) is 0.882. The van der Waals surface area contributed by atoms with E-state index in [1.807, 2.05) is 18.2 Å². The number of nitrogens with one attached hydrogen (secondary N) is 1. The van der Waals surface area contributed by atoms with Crippen molar-refractivity contribution in [3.63, 3.8) is 0 Å². The molecular formula is C13H17NO2S. The van der Waals surface area contributed by atoms with Gasteiger partial charge in [-0.05, 0) is 18.9 Å². The summed E-state index contributed by atoms with van der Waals surface area (Å²) in [5.74, 6) is 0.187. The first kappa shape index (κ1) is 12.3. The minimum atomic E-state index is -2.96. The van der Waals surface area contributed by atoms with Crippen molar-refractivity contribution in [1.82, 2.24) is 5.32 Å². The van der Waals surface area contributed by atoms with Crippen LogP contribution in [0.25, 0.3) is 0 Å². The summed E-state index contributed by atoms with van der Waals surface area (Å²) in [5, 5.41) is 4.62. The number of hydrogen-bond donors (Lipinski definition) is 1. The maximum Gasteiger partial charge on any atom is 0.173 e. The van der Waals surface area contributed by atoms with Crippen molar-refractivity contribution in [2.45, 2.75) is 25.4 Å². The first-order chi connectivity index (χ1) is 8.05. The van der Waals surface area contributed by atoms with Crippen LogP contribution in [-0.4, -0.2) is 26.3 Å². The third-order valence-electron chi connectivity index (χ3n) is 2.81. The Morgan fingerprint density at radius 3 is 2.65 bits per heavy atom. The van der Waals surface area contributed by atoms with E-state index >= 15 is 0 Å². The molecule has 17 heavy (non-hydrogen) atoms. The fourth-order valence-electron chi connectivity index (χ4n) is 2.07. The average Bonchev–Trinajstić information content (AvgIpc) is 2.59. The Bertz CT molecular complexity index is 493. The maximum atomic E-state index is 11.3. The van der Waals surface area contributed by atoms with Gasteiger partial charge in [-0.3, -0.25) is 0 Å². The van der Waals surface area contributed by atoms with Crippen molar-refractivity contribution in [2.24, 2.45) is 0 Å². The van der Waals surface area contributed by atoms with Crippen molar-refractivity contribution in [3.05, 3.63) is 47.4 Å². The van der Waals surface area contributed by atoms with Crippen LogP contribution in [0.1, 0.15) is 12.5 Å². The van der Waals surface area contributed by atoms with Gasteiger partial charge in [0.1, 0.15) is 0 Å². The highest BCUT2D eigenvalue weighted by atomic mass is 32.2. The molecular weight excluding hydrogens is 234 g/mol. The molecule has 0 amide bonds. The molecule has 2 atom stereocenters. The smallest absolute Gasteiger partial charge is 0.173 e. The molecule has 4 heteroatoms. The zero-order valence-electron chi connectivity index (χ0n) is 9.84. The average molecular weight is 251 g/mol. The molecule has 1 heterocycles. The van der Waals surface area contributed by atoms with Crippen molar-refractivity contribution < 1.29 is 8.42 Å². The Morgan fingerprint density at radius 1 is 1.35 bits per heavy atom. The van der Waals surface area contributed by atoms with E-state index in [0.29, 0.717) is 0 Å². The zero-order valence-corrected chi connectivity index (χ0v) is 10.7. The Morgan fingerprint density at radius 2 is 2.06 bits per heavy atom. The fraction of sp³-hybridized carbons (Fsp3) is 0.385. The molecule has 0 fully saturated rings. The Balaban J connectivity index is 1.87. The first-order valence-electron chi connectivity index (χ1n) is 5.76. The van der Waals surface area contributed by atoms with Crippen molar-refractivity contribution in [1.29, 1.82) is 0 Å². The lowest BCUT2D eigenvalue weighted by Crippen LogP contribution is -2.38. The number of benzene rings is 1. The van der Waals surface area contributed by atoms with Gasteiger partial charge in [-0.15, -0.1) is 0 Å². The second-order valence-corrected chi connectivity index (χ2v) is 6.45. The first-order valence-corrected chi connectivity index (χ1v) is 7.48. The van der Waals surface area contributed by atoms with Crippen LogP contribution >= 0.6 is 0 Å². The predicted molar refractivity (Wildman–Crippen MR) is 69.5 cm³/mol. The Hall–Kier alpha value is -1.13. The van der Waals surface area contributed by atoms with Gasteiger partial charge in [-0.1, -0.05) is 36.4 Å². The van der Waals surface area contributed by atoms with Crippen LogP contribution in [0.5, 0.6) is 0 Å². The van der Waals surface area contributed by atoms with E-state index in [9.17, 15) is 8.42 Å². The van der Waals surface area contributed by atoms with Crippen LogP contribution < -0.4 is 5.32 Å². The van der Waals surface area contributed by atoms with E-state index in [2.05, 4.69) is 24.4 Å². The van der Waals surface area contributed by atoms with Gasteiger partial charge in [-0.2, -0.15) is 0 Å². The molecule has 1 aromatic carbocycles. The van der Waals surface area contributed by atoms with Crippen LogP contribution in [0.3, 0.4) is 0 Å². The number of hydrogen-bond acceptors (Lipinski definition) is 3. The van der Waals surface area contributed by atoms with E-state index in [4.69, 9.17) is 0 Å². The third-order valence-corrected chi connectivity index (χ3v) is 4.21. The third kappa shape index (κ3) is 3.68. The summed E-state index contributed by atoms with van der Waals surface area (Å²) >= 11 is 0. The predicted octanol–water partition coefficient (Wildman–Crippen LogP) is 1.52. The summed E-state index contributed by atoms with van der Waals surface area (Å²) in [6.07, 6.45) is 2.64. The minimum Gasteiger partial charge on any atom is -0.307 e. The van der Waals surface area contributed by atoms with Crippen molar-refractivity contribution in [2.75, 3.05) is 5.75 Å². The van der Waals surface area contributed by atoms with E-state index in [0.717, 1.165) is 6.42 Å². The molecule has 0 radical (unpaired) electrons. The number of sulfone groups is 1. The SMILES string of the molecule is CC(Cc1ccccc1)NC1C=CS(=O)(=O)C1. The van der Waals surface area contributed by atoms with Gasteiger partial charge < -0.3 is 5.32 Å². The van der Waals surface area contributed by atoms with Crippen molar-refractivity contribution in [3.8, 4) is 0 Å². The number of rotatable bonds is 4. The molecule has 0 bridgehead atoms. The summed E-state index contributed by atoms with van der Waals surface area (Å²) in [7, 11) is -2.96. The van der Waals surface area contributed by atoms with Crippen LogP contribution in [0, 0.1) is 0 Å². The zero-order chi connectivity index (χ0) is 12.3. The summed E-state index contributed by atoms with van der Waals surface area (Å²) < 4.78 is 22.5. The molecule has 0 spiro atoms. The van der Waals surface area contributed by atoms with Gasteiger partial charge >= 0.3 is 0 Å². The van der Waals surface area contributed by atoms with E-state index < -0.39 is 9.84 Å². The lowest BCUT2D eigenvalue weighted by Gasteiger charge is -2.17. The molecule has 1 aromatic rings. The standard InChI is InChI=1S/C13H17NO2S/c1-11(9-12-5-3-2-4-6-12)14-13-7-8-17(15,16)10-13/h2-8,11,13-14H,9-10H2,1H3. The van der Waals surface area contributed by atoms with E-state index in [1.165, 1.54) is 11.0 Å². The highest BCUT2D eigenvalue weighted by Gasteiger charge is 2.22. The summed E-state index contributed by atoms with van der Waals surface area (Å²) in [4.78, 5) is 0. The highest BCUT2D eigenvalue weighted by Crippen LogP contribution is 2.10. The molecule has 0 saturated carbocycles. The van der Waals surface area contributed by atoms with Gasteiger partial charge in [0.2, 0.25) is 0 Å². The van der Waals surface area contributed by atoms with Crippen LogP contribution in [-0.2, 0) is 16.3 Å². The largest absolute Gasteiger partial charge is 0.307 e. The monoisotopic (exact) mass is 251 g/mol. The van der Waals surface area contributed by atoms with Crippen LogP contribution in [0.15, 0.2) is 41.8 Å². The second kappa shape index (κ2) is 5.02. The van der Waals surface area contributed by atoms with E-state index in [-0.39, 0.29) is 17.8 Å². The normalized spacial score (nSPS) is 23.7. The van der Waals surface area contributed by atoms with Gasteiger partial charge in [0, 0.05) is 17.5 Å². The van der Waals surface area contributed by atoms with Crippen molar-refractivity contribution >= 4 is 9.84 Å². The molecule has 2 rings (SSSR count). The molecule has 92 valence electrons. The van der Waals surface area contributed by atoms with Gasteiger partial charge in [0.15, 0.2) is 9.84 Å². The molecule has 0 aliphatic carbocycles. The highest BCUT2D eigenvalue weighted by molar-refractivity contribution is 7.94. The van der Waals surface area contributed by atoms with Gasteiger partial charge in [-0.25, -0.2) is 8.42 Å². The minimum absolute atomic E-state index is 0.0429. The lowest BCUT2D eigenvalue weighted by atomic mass is 10.1. The second-order valence-electron chi connectivity index (χ2n) is 4.52. The maximum absolute atomic E-state index is 11.3. The topological polar surface area (TPSA) is 46.2 Å². The summed E-state index contributed by atoms with van der Waals surface area (Å²) in [6.45, 7) is 2.08. The van der Waals surface area contributed by atoms with Gasteiger partial charge in [0.25, 0.3) is 0 Å². The summed E-state index contributed by atoms with van der Waals surface area (Å²) in [6, 6.07) is 10.4. The molecule has 0 aromatic heterocycles. The Kier molecular flexibility index (Phi) is 3.64. The van der Waals surface area contributed by atoms with Crippen LogP contribution in [0.2, 0.25) is 0 Å². The molecule has 2 unspecified atom stereocenters. The summed E-state index contributed by atoms with van der Waals surface area (Å²) in [5.41, 5.74) is 1.26. The Labute approximate surface area is 102 Å². The molecule has 3 nitrogen and oxygen atoms in total. The van der Waals surface area contributed by atoms with Crippen LogP contribution in [0.4, 0.5) is 0 Å². The lowest BCUT2D eigenvalue weighted by molar-refractivity contribution is 0.514. The van der Waals surface area contributed by atoms with E-state index in [1.54, 1.807) is 6.08 Å². The molecule has 1 aliphatic heterocycles. The molecule has 1 N–H and O–H groups in total.